The molecular weight excluding hydrogens is 517 g/mol. The highest BCUT2D eigenvalue weighted by atomic mass is 32.2. The quantitative estimate of drug-likeness (QED) is 0.582. The van der Waals surface area contributed by atoms with E-state index in [-0.39, 0.29) is 24.3 Å². The Kier molecular flexibility index (Phi) is 6.50. The molecule has 13 heteroatoms. The first-order valence-electron chi connectivity index (χ1n) is 11.6. The molecule has 2 atom stereocenters. The number of hydrogen-bond acceptors (Lipinski definition) is 7. The number of aliphatic hydroxyl groups excluding tert-OH is 1. The van der Waals surface area contributed by atoms with Crippen molar-refractivity contribution in [3.05, 3.63) is 38.8 Å². The van der Waals surface area contributed by atoms with Crippen LogP contribution in [0.25, 0.3) is 0 Å². The minimum absolute atomic E-state index is 0.0158. The van der Waals surface area contributed by atoms with E-state index in [1.165, 1.54) is 10.6 Å². The standard InChI is InChI=1S/C23H27F3N4O4S2/c1-3-16-8-22(20-18(4-7-34-22)19(14-31)21(35-20)23(24,25)26)5-6-28(16)10-15-9-27-30(11-15)17-12-29(13-17)36(2,32)33/h1,9,11,16-17,31H,4-8,10,12-14H2,2H3/t16-,22+/m0/s1. The third kappa shape index (κ3) is 4.48. The summed E-state index contributed by atoms with van der Waals surface area (Å²) in [5.41, 5.74) is 0.537. The summed E-state index contributed by atoms with van der Waals surface area (Å²) in [4.78, 5) is 1.88. The Hall–Kier alpha value is -1.95. The molecule has 196 valence electrons. The molecule has 0 unspecified atom stereocenters. The Morgan fingerprint density at radius 2 is 2.14 bits per heavy atom. The SMILES string of the molecule is C#C[C@H]1C[C@@]2(CCN1Cc1cnn(C3CN(S(C)(=O)=O)C3)c1)OCCc1c2sc(C(F)(F)F)c1CO. The fourth-order valence-corrected chi connectivity index (χ4v) is 7.70. The topological polar surface area (TPSA) is 87.9 Å². The normalized spacial score (nSPS) is 26.1. The zero-order chi connectivity index (χ0) is 25.9. The number of likely N-dealkylation sites (tertiary alicyclic amines) is 1. The van der Waals surface area contributed by atoms with Gasteiger partial charge in [-0.2, -0.15) is 22.6 Å². The van der Waals surface area contributed by atoms with Crippen molar-refractivity contribution >= 4 is 21.4 Å². The number of fused-ring (bicyclic) bond motifs is 2. The zero-order valence-corrected chi connectivity index (χ0v) is 21.3. The average molecular weight is 545 g/mol. The Labute approximate surface area is 211 Å². The van der Waals surface area contributed by atoms with Crippen molar-refractivity contribution in [2.24, 2.45) is 0 Å². The van der Waals surface area contributed by atoms with Gasteiger partial charge in [0.1, 0.15) is 10.5 Å². The van der Waals surface area contributed by atoms with Gasteiger partial charge in [-0.3, -0.25) is 9.58 Å². The Bertz CT molecular complexity index is 1290. The lowest BCUT2D eigenvalue weighted by Gasteiger charge is -2.46. The molecule has 36 heavy (non-hydrogen) atoms. The summed E-state index contributed by atoms with van der Waals surface area (Å²) < 4.78 is 73.6. The third-order valence-electron chi connectivity index (χ3n) is 7.35. The number of aromatic nitrogens is 2. The smallest absolute Gasteiger partial charge is 0.392 e. The first-order valence-corrected chi connectivity index (χ1v) is 14.3. The van der Waals surface area contributed by atoms with Crippen LogP contribution < -0.4 is 0 Å². The summed E-state index contributed by atoms with van der Waals surface area (Å²) in [5.74, 6) is 2.79. The number of thiophene rings is 1. The van der Waals surface area contributed by atoms with Gasteiger partial charge in [-0.1, -0.05) is 5.92 Å². The van der Waals surface area contributed by atoms with Gasteiger partial charge in [0.2, 0.25) is 10.0 Å². The molecule has 1 N–H and O–H groups in total. The third-order valence-corrected chi connectivity index (χ3v) is 10.1. The fourth-order valence-electron chi connectivity index (χ4n) is 5.40. The van der Waals surface area contributed by atoms with Crippen molar-refractivity contribution in [2.75, 3.05) is 32.5 Å². The van der Waals surface area contributed by atoms with E-state index in [2.05, 4.69) is 15.9 Å². The maximum atomic E-state index is 13.7. The van der Waals surface area contributed by atoms with Crippen LogP contribution in [0.15, 0.2) is 12.4 Å². The van der Waals surface area contributed by atoms with E-state index in [1.807, 2.05) is 6.20 Å². The molecule has 0 aromatic carbocycles. The molecule has 5 rings (SSSR count). The van der Waals surface area contributed by atoms with Crippen LogP contribution in [0.1, 0.15) is 45.3 Å². The lowest BCUT2D eigenvalue weighted by atomic mass is 9.81. The van der Waals surface area contributed by atoms with Crippen LogP contribution in [-0.4, -0.2) is 71.0 Å². The number of rotatable bonds is 5. The van der Waals surface area contributed by atoms with Crippen molar-refractivity contribution in [1.82, 2.24) is 19.0 Å². The average Bonchev–Trinajstić information content (AvgIpc) is 3.38. The monoisotopic (exact) mass is 544 g/mol. The summed E-state index contributed by atoms with van der Waals surface area (Å²) in [6.07, 6.45) is 7.34. The predicted octanol–water partition coefficient (Wildman–Crippen LogP) is 2.34. The van der Waals surface area contributed by atoms with E-state index < -0.39 is 33.3 Å². The number of piperidine rings is 1. The van der Waals surface area contributed by atoms with E-state index in [0.29, 0.717) is 67.2 Å². The number of terminal acetylenes is 1. The first kappa shape index (κ1) is 25.7. The number of ether oxygens (including phenoxy) is 1. The van der Waals surface area contributed by atoms with Gasteiger partial charge in [-0.25, -0.2) is 8.42 Å². The van der Waals surface area contributed by atoms with Gasteiger partial charge in [-0.15, -0.1) is 17.8 Å². The predicted molar refractivity (Wildman–Crippen MR) is 127 cm³/mol. The van der Waals surface area contributed by atoms with E-state index in [0.717, 1.165) is 5.56 Å². The number of aliphatic hydroxyl groups is 1. The van der Waals surface area contributed by atoms with E-state index >= 15 is 0 Å². The molecule has 0 aliphatic carbocycles. The van der Waals surface area contributed by atoms with Gasteiger partial charge in [-0.05, 0) is 18.4 Å². The van der Waals surface area contributed by atoms with Crippen molar-refractivity contribution < 1.29 is 31.4 Å². The van der Waals surface area contributed by atoms with E-state index in [9.17, 15) is 26.7 Å². The van der Waals surface area contributed by atoms with Crippen LogP contribution >= 0.6 is 11.3 Å². The number of halogens is 3. The number of sulfonamides is 1. The van der Waals surface area contributed by atoms with E-state index in [1.54, 1.807) is 10.9 Å². The van der Waals surface area contributed by atoms with Crippen LogP contribution in [-0.2, 0) is 46.1 Å². The van der Waals surface area contributed by atoms with Crippen LogP contribution in [0.5, 0.6) is 0 Å². The highest BCUT2D eigenvalue weighted by molar-refractivity contribution is 7.88. The largest absolute Gasteiger partial charge is 0.425 e. The molecule has 0 saturated carbocycles. The van der Waals surface area contributed by atoms with Crippen LogP contribution in [0.2, 0.25) is 0 Å². The van der Waals surface area contributed by atoms with Gasteiger partial charge in [0.15, 0.2) is 0 Å². The maximum Gasteiger partial charge on any atom is 0.425 e. The molecule has 2 aromatic rings. The van der Waals surface area contributed by atoms with Gasteiger partial charge in [0.05, 0.1) is 37.8 Å². The number of alkyl halides is 3. The van der Waals surface area contributed by atoms with Gasteiger partial charge >= 0.3 is 6.18 Å². The molecule has 0 amide bonds. The first-order chi connectivity index (χ1) is 16.9. The molecule has 2 aromatic heterocycles. The number of hydrogen-bond donors (Lipinski definition) is 1. The lowest BCUT2D eigenvalue weighted by Crippen LogP contribution is -2.50. The summed E-state index contributed by atoms with van der Waals surface area (Å²) in [6.45, 7) is 1.43. The molecule has 2 fully saturated rings. The van der Waals surface area contributed by atoms with Crippen molar-refractivity contribution in [2.45, 2.75) is 56.3 Å². The van der Waals surface area contributed by atoms with Gasteiger partial charge in [0.25, 0.3) is 0 Å². The molecule has 3 aliphatic rings. The van der Waals surface area contributed by atoms with Crippen LogP contribution in [0.3, 0.4) is 0 Å². The van der Waals surface area contributed by atoms with Crippen molar-refractivity contribution in [3.8, 4) is 12.3 Å². The molecule has 0 bridgehead atoms. The van der Waals surface area contributed by atoms with Crippen LogP contribution in [0.4, 0.5) is 13.2 Å². The Balaban J connectivity index is 1.32. The summed E-state index contributed by atoms with van der Waals surface area (Å²) in [5, 5.41) is 14.1. The van der Waals surface area contributed by atoms with Crippen molar-refractivity contribution in [3.63, 3.8) is 0 Å². The molecular formula is C23H27F3N4O4S2. The number of nitrogens with zero attached hydrogens (tertiary/aromatic N) is 4. The lowest BCUT2D eigenvalue weighted by molar-refractivity contribution is -0.135. The van der Waals surface area contributed by atoms with E-state index in [4.69, 9.17) is 11.2 Å². The fraction of sp³-hybridized carbons (Fsp3) is 0.609. The summed E-state index contributed by atoms with van der Waals surface area (Å²) in [7, 11) is -3.21. The molecule has 3 aliphatic heterocycles. The molecule has 0 radical (unpaired) electrons. The van der Waals surface area contributed by atoms with Crippen molar-refractivity contribution in [1.29, 1.82) is 0 Å². The summed E-state index contributed by atoms with van der Waals surface area (Å²) >= 11 is 0.677. The highest BCUT2D eigenvalue weighted by Gasteiger charge is 2.49. The molecule has 1 spiro atoms. The second-order valence-electron chi connectivity index (χ2n) is 9.64. The molecule has 8 nitrogen and oxygen atoms in total. The van der Waals surface area contributed by atoms with Crippen LogP contribution in [0, 0.1) is 12.3 Å². The second-order valence-corrected chi connectivity index (χ2v) is 12.6. The molecule has 5 heterocycles. The van der Waals surface area contributed by atoms with Gasteiger partial charge in [0, 0.05) is 54.8 Å². The Morgan fingerprint density at radius 1 is 1.39 bits per heavy atom. The maximum absolute atomic E-state index is 13.7. The minimum atomic E-state index is -4.54. The highest BCUT2D eigenvalue weighted by Crippen LogP contribution is 2.51. The Morgan fingerprint density at radius 3 is 2.78 bits per heavy atom. The molecule has 2 saturated heterocycles. The van der Waals surface area contributed by atoms with Gasteiger partial charge < -0.3 is 9.84 Å². The zero-order valence-electron chi connectivity index (χ0n) is 19.7. The minimum Gasteiger partial charge on any atom is -0.392 e. The second kappa shape index (κ2) is 9.11. The summed E-state index contributed by atoms with van der Waals surface area (Å²) in [6, 6.07) is -0.371.